The molecule has 0 aromatic heterocycles. The summed E-state index contributed by atoms with van der Waals surface area (Å²) < 4.78 is 0. The fourth-order valence-corrected chi connectivity index (χ4v) is 2.09. The minimum Gasteiger partial charge on any atom is -0.115 e. The molecule has 2 aromatic rings. The predicted octanol–water partition coefficient (Wildman–Crippen LogP) is 4.77. The van der Waals surface area contributed by atoms with Crippen molar-refractivity contribution in [2.75, 3.05) is 0 Å². The maximum Gasteiger partial charge on any atom is 0.0248 e. The van der Waals surface area contributed by atoms with Crippen LogP contribution >= 0.6 is 0 Å². The maximum atomic E-state index is 5.47. The molecular formula is C18H18. The van der Waals surface area contributed by atoms with Gasteiger partial charge in [-0.1, -0.05) is 50.1 Å². The third-order valence-electron chi connectivity index (χ3n) is 3.27. The highest BCUT2D eigenvalue weighted by atomic mass is 14.1. The van der Waals surface area contributed by atoms with E-state index in [0.29, 0.717) is 5.92 Å². The summed E-state index contributed by atoms with van der Waals surface area (Å²) >= 11 is 0. The van der Waals surface area contributed by atoms with Crippen LogP contribution in [0.15, 0.2) is 42.5 Å². The van der Waals surface area contributed by atoms with Crippen LogP contribution in [-0.2, 0) is 0 Å². The summed E-state index contributed by atoms with van der Waals surface area (Å²) in [6.45, 7) is 6.55. The molecule has 0 radical (unpaired) electrons. The maximum absolute atomic E-state index is 5.47. The first-order chi connectivity index (χ1) is 8.61. The Morgan fingerprint density at radius 3 is 2.50 bits per heavy atom. The van der Waals surface area contributed by atoms with E-state index in [-0.39, 0.29) is 0 Å². The summed E-state index contributed by atoms with van der Waals surface area (Å²) in [5.74, 6) is 3.24. The van der Waals surface area contributed by atoms with Crippen LogP contribution < -0.4 is 0 Å². The lowest BCUT2D eigenvalue weighted by Gasteiger charge is -2.11. The van der Waals surface area contributed by atoms with Crippen molar-refractivity contribution < 1.29 is 0 Å². The highest BCUT2D eigenvalue weighted by Gasteiger charge is 2.05. The molecule has 0 N–H and O–H groups in total. The zero-order valence-corrected chi connectivity index (χ0v) is 11.2. The van der Waals surface area contributed by atoms with Crippen LogP contribution in [0.2, 0.25) is 0 Å². The highest BCUT2D eigenvalue weighted by molar-refractivity contribution is 5.69. The third kappa shape index (κ3) is 2.46. The van der Waals surface area contributed by atoms with Gasteiger partial charge >= 0.3 is 0 Å². The first kappa shape index (κ1) is 12.5. The Morgan fingerprint density at radius 1 is 1.06 bits per heavy atom. The van der Waals surface area contributed by atoms with E-state index >= 15 is 0 Å². The fraction of sp³-hybridized carbons (Fsp3) is 0.222. The van der Waals surface area contributed by atoms with Crippen LogP contribution in [0.4, 0.5) is 0 Å². The number of benzene rings is 2. The molecule has 0 fully saturated rings. The molecule has 0 heterocycles. The van der Waals surface area contributed by atoms with E-state index in [2.05, 4.69) is 63.1 Å². The minimum atomic E-state index is 0.543. The number of rotatable bonds is 2. The number of hydrogen-bond donors (Lipinski definition) is 0. The molecule has 18 heavy (non-hydrogen) atoms. The molecule has 0 heteroatoms. The smallest absolute Gasteiger partial charge is 0.0248 e. The average Bonchev–Trinajstić information content (AvgIpc) is 2.39. The van der Waals surface area contributed by atoms with Crippen molar-refractivity contribution in [2.24, 2.45) is 0 Å². The molecule has 0 saturated carbocycles. The number of hydrogen-bond acceptors (Lipinski definition) is 0. The Balaban J connectivity index is 2.55. The Labute approximate surface area is 110 Å². The van der Waals surface area contributed by atoms with Gasteiger partial charge in [-0.05, 0) is 47.2 Å². The minimum absolute atomic E-state index is 0.543. The van der Waals surface area contributed by atoms with Crippen LogP contribution in [-0.4, -0.2) is 0 Å². The van der Waals surface area contributed by atoms with Gasteiger partial charge in [-0.25, -0.2) is 0 Å². The Hall–Kier alpha value is -2.00. The van der Waals surface area contributed by atoms with Gasteiger partial charge in [-0.15, -0.1) is 6.42 Å². The summed E-state index contributed by atoms with van der Waals surface area (Å²) in [4.78, 5) is 0. The van der Waals surface area contributed by atoms with Crippen LogP contribution in [0.25, 0.3) is 11.1 Å². The molecule has 0 aliphatic carbocycles. The second-order valence-corrected chi connectivity index (χ2v) is 4.95. The Kier molecular flexibility index (Phi) is 3.53. The third-order valence-corrected chi connectivity index (χ3v) is 3.27. The average molecular weight is 234 g/mol. The molecule has 2 rings (SSSR count). The summed E-state index contributed by atoms with van der Waals surface area (Å²) in [5, 5.41) is 0. The summed E-state index contributed by atoms with van der Waals surface area (Å²) in [6, 6.07) is 14.9. The molecule has 0 unspecified atom stereocenters. The SMILES string of the molecule is C#Cc1ccc(C)c(-c2cccc(C(C)C)c2)c1. The van der Waals surface area contributed by atoms with Crippen molar-refractivity contribution in [2.45, 2.75) is 26.7 Å². The molecule has 0 spiro atoms. The molecule has 0 aliphatic rings. The van der Waals surface area contributed by atoms with Gasteiger partial charge < -0.3 is 0 Å². The summed E-state index contributed by atoms with van der Waals surface area (Å²) in [6.07, 6.45) is 5.47. The van der Waals surface area contributed by atoms with Crippen molar-refractivity contribution in [3.63, 3.8) is 0 Å². The second kappa shape index (κ2) is 5.10. The molecule has 0 saturated heterocycles. The van der Waals surface area contributed by atoms with Crippen molar-refractivity contribution in [1.82, 2.24) is 0 Å². The molecule has 0 amide bonds. The monoisotopic (exact) mass is 234 g/mol. The first-order valence-corrected chi connectivity index (χ1v) is 6.29. The summed E-state index contributed by atoms with van der Waals surface area (Å²) in [5.41, 5.74) is 6.03. The van der Waals surface area contributed by atoms with Gasteiger partial charge in [0.2, 0.25) is 0 Å². The Bertz CT molecular complexity index is 598. The molecule has 90 valence electrons. The van der Waals surface area contributed by atoms with Gasteiger partial charge in [0.15, 0.2) is 0 Å². The van der Waals surface area contributed by atoms with Crippen molar-refractivity contribution in [3.05, 3.63) is 59.2 Å². The number of aryl methyl sites for hydroxylation is 1. The van der Waals surface area contributed by atoms with E-state index in [1.165, 1.54) is 22.3 Å². The van der Waals surface area contributed by atoms with Crippen LogP contribution in [0.3, 0.4) is 0 Å². The van der Waals surface area contributed by atoms with Crippen molar-refractivity contribution >= 4 is 0 Å². The van der Waals surface area contributed by atoms with Crippen molar-refractivity contribution in [3.8, 4) is 23.5 Å². The zero-order valence-electron chi connectivity index (χ0n) is 11.2. The highest BCUT2D eigenvalue weighted by Crippen LogP contribution is 2.27. The normalized spacial score (nSPS) is 10.4. The molecule has 0 atom stereocenters. The largest absolute Gasteiger partial charge is 0.115 e. The van der Waals surface area contributed by atoms with Gasteiger partial charge in [0.05, 0.1) is 0 Å². The van der Waals surface area contributed by atoms with Gasteiger partial charge in [0, 0.05) is 5.56 Å². The van der Waals surface area contributed by atoms with Gasteiger partial charge in [0.1, 0.15) is 0 Å². The van der Waals surface area contributed by atoms with E-state index < -0.39 is 0 Å². The second-order valence-electron chi connectivity index (χ2n) is 4.95. The Morgan fingerprint density at radius 2 is 1.83 bits per heavy atom. The van der Waals surface area contributed by atoms with E-state index in [0.717, 1.165) is 5.56 Å². The van der Waals surface area contributed by atoms with Crippen LogP contribution in [0.1, 0.15) is 36.5 Å². The standard InChI is InChI=1S/C18H18/c1-5-15-10-9-14(4)18(11-15)17-8-6-7-16(12-17)13(2)3/h1,6-13H,2-4H3. The van der Waals surface area contributed by atoms with Gasteiger partial charge in [-0.3, -0.25) is 0 Å². The molecular weight excluding hydrogens is 216 g/mol. The quantitative estimate of drug-likeness (QED) is 0.657. The number of terminal acetylenes is 1. The molecule has 0 aliphatic heterocycles. The lowest BCUT2D eigenvalue weighted by molar-refractivity contribution is 0.867. The molecule has 0 nitrogen and oxygen atoms in total. The zero-order chi connectivity index (χ0) is 13.1. The molecule has 0 bridgehead atoms. The lowest BCUT2D eigenvalue weighted by Crippen LogP contribution is -1.90. The predicted molar refractivity (Wildman–Crippen MR) is 78.6 cm³/mol. The van der Waals surface area contributed by atoms with Crippen molar-refractivity contribution in [1.29, 1.82) is 0 Å². The van der Waals surface area contributed by atoms with E-state index in [1.807, 2.05) is 6.07 Å². The lowest BCUT2D eigenvalue weighted by atomic mass is 9.94. The van der Waals surface area contributed by atoms with Gasteiger partial charge in [-0.2, -0.15) is 0 Å². The van der Waals surface area contributed by atoms with Crippen LogP contribution in [0, 0.1) is 19.3 Å². The van der Waals surface area contributed by atoms with Crippen LogP contribution in [0.5, 0.6) is 0 Å². The van der Waals surface area contributed by atoms with Gasteiger partial charge in [0.25, 0.3) is 0 Å². The van der Waals surface area contributed by atoms with E-state index in [9.17, 15) is 0 Å². The van der Waals surface area contributed by atoms with E-state index in [1.54, 1.807) is 0 Å². The molecule has 2 aromatic carbocycles. The first-order valence-electron chi connectivity index (χ1n) is 6.29. The van der Waals surface area contributed by atoms with E-state index in [4.69, 9.17) is 6.42 Å². The topological polar surface area (TPSA) is 0 Å². The summed E-state index contributed by atoms with van der Waals surface area (Å²) in [7, 11) is 0. The fourth-order valence-electron chi connectivity index (χ4n) is 2.09.